The van der Waals surface area contributed by atoms with E-state index in [1.807, 2.05) is 0 Å². The molecule has 0 radical (unpaired) electrons. The summed E-state index contributed by atoms with van der Waals surface area (Å²) in [4.78, 5) is 2.28. The van der Waals surface area contributed by atoms with E-state index < -0.39 is 15.6 Å². The Labute approximate surface area is 150 Å². The fraction of sp³-hybridized carbons (Fsp3) is 0.824. The molecule has 0 aromatic carbocycles. The van der Waals surface area contributed by atoms with Crippen molar-refractivity contribution in [3.63, 3.8) is 0 Å². The molecule has 3 heterocycles. The molecule has 0 aliphatic carbocycles. The topological polar surface area (TPSA) is 89.5 Å². The van der Waals surface area contributed by atoms with Gasteiger partial charge in [-0.2, -0.15) is 5.10 Å². The van der Waals surface area contributed by atoms with Gasteiger partial charge in [0.05, 0.1) is 17.6 Å². The minimum absolute atomic E-state index is 0.0102. The van der Waals surface area contributed by atoms with Gasteiger partial charge in [-0.3, -0.25) is 10.00 Å². The van der Waals surface area contributed by atoms with Crippen LogP contribution in [0.5, 0.6) is 0 Å². The third-order valence-electron chi connectivity index (χ3n) is 5.58. The van der Waals surface area contributed by atoms with Gasteiger partial charge in [0, 0.05) is 49.8 Å². The molecule has 0 bridgehead atoms. The number of piperidine rings is 2. The number of nitrogens with zero attached hydrogens (tertiary/aromatic N) is 3. The molecule has 1 aromatic heterocycles. The predicted octanol–water partition coefficient (Wildman–Crippen LogP) is 0.926. The lowest BCUT2D eigenvalue weighted by atomic mass is 9.76. The Balaban J connectivity index is 1.67. The van der Waals surface area contributed by atoms with Gasteiger partial charge < -0.3 is 5.11 Å². The second-order valence-electron chi connectivity index (χ2n) is 8.69. The van der Waals surface area contributed by atoms with Gasteiger partial charge in [0.1, 0.15) is 0 Å². The Morgan fingerprint density at radius 2 is 2.00 bits per heavy atom. The van der Waals surface area contributed by atoms with Gasteiger partial charge in [-0.05, 0) is 18.9 Å². The summed E-state index contributed by atoms with van der Waals surface area (Å²) in [5.41, 5.74) is 1.38. The van der Waals surface area contributed by atoms with Crippen LogP contribution in [0.25, 0.3) is 0 Å². The Morgan fingerprint density at radius 3 is 2.60 bits per heavy atom. The van der Waals surface area contributed by atoms with Crippen LogP contribution in [0.1, 0.15) is 45.0 Å². The number of fused-ring (bicyclic) bond motifs is 1. The first-order valence-electron chi connectivity index (χ1n) is 8.92. The van der Waals surface area contributed by atoms with Crippen LogP contribution in [0.3, 0.4) is 0 Å². The average molecular weight is 371 g/mol. The molecule has 3 rings (SSSR count). The van der Waals surface area contributed by atoms with Gasteiger partial charge in [-0.1, -0.05) is 20.8 Å². The van der Waals surface area contributed by atoms with Crippen LogP contribution >= 0.6 is 0 Å². The number of aromatic nitrogens is 2. The fourth-order valence-corrected chi connectivity index (χ4v) is 4.73. The highest BCUT2D eigenvalue weighted by molar-refractivity contribution is 7.88. The number of likely N-dealkylation sites (tertiary alicyclic amines) is 1. The molecule has 0 amide bonds. The van der Waals surface area contributed by atoms with E-state index >= 15 is 0 Å². The van der Waals surface area contributed by atoms with Crippen LogP contribution in [0.15, 0.2) is 6.07 Å². The highest BCUT2D eigenvalue weighted by atomic mass is 32.2. The Kier molecular flexibility index (Phi) is 4.77. The quantitative estimate of drug-likeness (QED) is 0.826. The van der Waals surface area contributed by atoms with Gasteiger partial charge in [0.25, 0.3) is 0 Å². The van der Waals surface area contributed by atoms with E-state index in [0.717, 1.165) is 24.5 Å². The van der Waals surface area contributed by atoms with Gasteiger partial charge in [-0.25, -0.2) is 12.7 Å². The first-order chi connectivity index (χ1) is 11.5. The van der Waals surface area contributed by atoms with Crippen molar-refractivity contribution in [3.8, 4) is 0 Å². The molecule has 2 N–H and O–H groups in total. The van der Waals surface area contributed by atoms with Crippen LogP contribution in [0.2, 0.25) is 0 Å². The van der Waals surface area contributed by atoms with E-state index in [0.29, 0.717) is 32.5 Å². The molecule has 2 unspecified atom stereocenters. The van der Waals surface area contributed by atoms with Crippen LogP contribution in [0.4, 0.5) is 0 Å². The van der Waals surface area contributed by atoms with E-state index in [-0.39, 0.29) is 11.3 Å². The summed E-state index contributed by atoms with van der Waals surface area (Å²) in [5.74, 6) is -0.0465. The van der Waals surface area contributed by atoms with E-state index in [9.17, 15) is 13.5 Å². The second-order valence-corrected chi connectivity index (χ2v) is 10.7. The first-order valence-corrected chi connectivity index (χ1v) is 10.8. The smallest absolute Gasteiger partial charge is 0.211 e. The largest absolute Gasteiger partial charge is 0.389 e. The second kappa shape index (κ2) is 6.33. The van der Waals surface area contributed by atoms with E-state index in [1.165, 1.54) is 10.6 Å². The molecular weight excluding hydrogens is 340 g/mol. The summed E-state index contributed by atoms with van der Waals surface area (Å²) in [6.07, 6.45) is 2.46. The number of H-pyrrole nitrogens is 1. The molecule has 0 spiro atoms. The predicted molar refractivity (Wildman–Crippen MR) is 96.7 cm³/mol. The fourth-order valence-electron chi connectivity index (χ4n) is 3.85. The van der Waals surface area contributed by atoms with Crippen LogP contribution in [-0.2, 0) is 22.0 Å². The van der Waals surface area contributed by atoms with Crippen LogP contribution in [0, 0.1) is 5.92 Å². The summed E-state index contributed by atoms with van der Waals surface area (Å²) in [5, 5.41) is 18.4. The number of hydrogen-bond donors (Lipinski definition) is 2. The Bertz CT molecular complexity index is 724. The minimum Gasteiger partial charge on any atom is -0.389 e. The SMILES string of the molecule is CC(C)(C)c1cc(CN2CCC3(O)CCN(S(C)(=O)=O)CC3C2)[nH]n1. The number of rotatable bonds is 3. The van der Waals surface area contributed by atoms with Crippen molar-refractivity contribution >= 4 is 10.0 Å². The number of aromatic amines is 1. The number of nitrogens with one attached hydrogen (secondary N) is 1. The van der Waals surface area contributed by atoms with Gasteiger partial charge >= 0.3 is 0 Å². The van der Waals surface area contributed by atoms with Crippen LogP contribution in [-0.4, -0.2) is 71.0 Å². The van der Waals surface area contributed by atoms with Gasteiger partial charge in [0.15, 0.2) is 0 Å². The van der Waals surface area contributed by atoms with Crippen molar-refractivity contribution in [1.29, 1.82) is 0 Å². The maximum Gasteiger partial charge on any atom is 0.211 e. The lowest BCUT2D eigenvalue weighted by Gasteiger charge is -2.49. The van der Waals surface area contributed by atoms with Gasteiger partial charge in [0.2, 0.25) is 10.0 Å². The van der Waals surface area contributed by atoms with Crippen molar-refractivity contribution < 1.29 is 13.5 Å². The maximum atomic E-state index is 11.9. The molecule has 7 nitrogen and oxygen atoms in total. The summed E-state index contributed by atoms with van der Waals surface area (Å²) in [7, 11) is -3.21. The zero-order valence-corrected chi connectivity index (χ0v) is 16.4. The van der Waals surface area contributed by atoms with Crippen molar-refractivity contribution in [1.82, 2.24) is 19.4 Å². The van der Waals surface area contributed by atoms with Crippen molar-refractivity contribution in [2.24, 2.45) is 5.92 Å². The summed E-state index contributed by atoms with van der Waals surface area (Å²) < 4.78 is 25.2. The molecule has 2 fully saturated rings. The summed E-state index contributed by atoms with van der Waals surface area (Å²) in [6.45, 7) is 9.49. The standard InChI is InChI=1S/C17H30N4O3S/c1-16(2,3)15-9-14(18-19-15)12-20-7-5-17(22)6-8-21(25(4,23)24)11-13(17)10-20/h9,13,22H,5-8,10-12H2,1-4H3,(H,18,19). The molecule has 1 aromatic rings. The van der Waals surface area contributed by atoms with E-state index in [2.05, 4.69) is 41.9 Å². The zero-order chi connectivity index (χ0) is 18.5. The lowest BCUT2D eigenvalue weighted by molar-refractivity contribution is -0.103. The third kappa shape index (κ3) is 4.07. The average Bonchev–Trinajstić information content (AvgIpc) is 2.94. The van der Waals surface area contributed by atoms with Crippen LogP contribution < -0.4 is 0 Å². The highest BCUT2D eigenvalue weighted by Gasteiger charge is 2.46. The summed E-state index contributed by atoms with van der Waals surface area (Å²) >= 11 is 0. The maximum absolute atomic E-state index is 11.9. The molecule has 2 aliphatic heterocycles. The first kappa shape index (κ1) is 18.8. The van der Waals surface area contributed by atoms with Crippen molar-refractivity contribution in [3.05, 3.63) is 17.5 Å². The minimum atomic E-state index is -3.21. The van der Waals surface area contributed by atoms with Gasteiger partial charge in [-0.15, -0.1) is 0 Å². The Hall–Kier alpha value is -0.960. The third-order valence-corrected chi connectivity index (χ3v) is 6.85. The van der Waals surface area contributed by atoms with Crippen molar-refractivity contribution in [2.45, 2.75) is 51.2 Å². The molecule has 0 saturated carbocycles. The molecule has 142 valence electrons. The molecule has 2 atom stereocenters. The lowest BCUT2D eigenvalue weighted by Crippen LogP contribution is -2.60. The molecule has 8 heteroatoms. The number of aliphatic hydroxyl groups is 1. The number of sulfonamides is 1. The van der Waals surface area contributed by atoms with E-state index in [4.69, 9.17) is 0 Å². The molecular formula is C17H30N4O3S. The van der Waals surface area contributed by atoms with E-state index in [1.54, 1.807) is 0 Å². The van der Waals surface area contributed by atoms with Crippen molar-refractivity contribution in [2.75, 3.05) is 32.4 Å². The molecule has 2 saturated heterocycles. The molecule has 2 aliphatic rings. The Morgan fingerprint density at radius 1 is 1.32 bits per heavy atom. The molecule has 25 heavy (non-hydrogen) atoms. The number of hydrogen-bond acceptors (Lipinski definition) is 5. The highest BCUT2D eigenvalue weighted by Crippen LogP contribution is 2.36. The normalized spacial score (nSPS) is 29.6. The summed E-state index contributed by atoms with van der Waals surface area (Å²) in [6, 6.07) is 2.10. The monoisotopic (exact) mass is 370 g/mol. The zero-order valence-electron chi connectivity index (χ0n) is 15.6.